The summed E-state index contributed by atoms with van der Waals surface area (Å²) in [5.74, 6) is -1.03. The van der Waals surface area contributed by atoms with E-state index in [0.717, 1.165) is 5.69 Å². The van der Waals surface area contributed by atoms with E-state index in [1.165, 1.54) is 0 Å². The third kappa shape index (κ3) is 2.83. The Hall–Kier alpha value is -1.42. The van der Waals surface area contributed by atoms with Crippen LogP contribution in [0.4, 0.5) is 0 Å². The van der Waals surface area contributed by atoms with Crippen molar-refractivity contribution in [2.75, 3.05) is 6.54 Å². The summed E-state index contributed by atoms with van der Waals surface area (Å²) < 4.78 is 0. The van der Waals surface area contributed by atoms with Crippen molar-refractivity contribution < 1.29 is 9.90 Å². The summed E-state index contributed by atoms with van der Waals surface area (Å²) in [6.07, 6.45) is 1.67. The average molecular weight is 180 g/mol. The van der Waals surface area contributed by atoms with E-state index in [-0.39, 0.29) is 12.3 Å². The van der Waals surface area contributed by atoms with E-state index in [4.69, 9.17) is 10.8 Å². The first-order chi connectivity index (χ1) is 6.24. The van der Waals surface area contributed by atoms with Crippen LogP contribution < -0.4 is 5.73 Å². The number of carboxylic acid groups (broad SMARTS) is 1. The Balaban J connectivity index is 2.73. The first kappa shape index (κ1) is 9.67. The maximum Gasteiger partial charge on any atom is 0.304 e. The van der Waals surface area contributed by atoms with E-state index in [1.807, 2.05) is 6.07 Å². The zero-order chi connectivity index (χ0) is 9.68. The Morgan fingerprint density at radius 3 is 2.85 bits per heavy atom. The van der Waals surface area contributed by atoms with Gasteiger partial charge in [0.2, 0.25) is 0 Å². The van der Waals surface area contributed by atoms with Crippen LogP contribution >= 0.6 is 0 Å². The molecule has 0 aliphatic heterocycles. The van der Waals surface area contributed by atoms with Crippen LogP contribution in [-0.4, -0.2) is 22.6 Å². The van der Waals surface area contributed by atoms with Crippen LogP contribution in [0.2, 0.25) is 0 Å². The molecule has 1 rings (SSSR count). The van der Waals surface area contributed by atoms with Gasteiger partial charge in [-0.2, -0.15) is 0 Å². The van der Waals surface area contributed by atoms with Gasteiger partial charge >= 0.3 is 5.97 Å². The summed E-state index contributed by atoms with van der Waals surface area (Å²) in [6.45, 7) is 0.309. The SMILES string of the molecule is NCC(CC(=O)O)c1ccccn1. The van der Waals surface area contributed by atoms with Crippen LogP contribution in [0.25, 0.3) is 0 Å². The average Bonchev–Trinajstić information content (AvgIpc) is 2.15. The molecule has 0 radical (unpaired) electrons. The van der Waals surface area contributed by atoms with E-state index in [1.54, 1.807) is 18.3 Å². The highest BCUT2D eigenvalue weighted by Crippen LogP contribution is 2.14. The molecular formula is C9H12N2O2. The molecule has 0 bridgehead atoms. The van der Waals surface area contributed by atoms with Crippen LogP contribution in [0.1, 0.15) is 18.0 Å². The first-order valence-corrected chi connectivity index (χ1v) is 4.07. The molecule has 3 N–H and O–H groups in total. The van der Waals surface area contributed by atoms with Crippen molar-refractivity contribution in [1.82, 2.24) is 4.98 Å². The van der Waals surface area contributed by atoms with Gasteiger partial charge in [-0.1, -0.05) is 6.07 Å². The predicted molar refractivity (Wildman–Crippen MR) is 48.3 cm³/mol. The van der Waals surface area contributed by atoms with Gasteiger partial charge in [-0.15, -0.1) is 0 Å². The fraction of sp³-hybridized carbons (Fsp3) is 0.333. The van der Waals surface area contributed by atoms with Crippen LogP contribution in [0.3, 0.4) is 0 Å². The van der Waals surface area contributed by atoms with Crippen molar-refractivity contribution in [2.45, 2.75) is 12.3 Å². The van der Waals surface area contributed by atoms with Gasteiger partial charge < -0.3 is 10.8 Å². The quantitative estimate of drug-likeness (QED) is 0.711. The van der Waals surface area contributed by atoms with Crippen molar-refractivity contribution in [1.29, 1.82) is 0 Å². The summed E-state index contributed by atoms with van der Waals surface area (Å²) in [5, 5.41) is 8.59. The summed E-state index contributed by atoms with van der Waals surface area (Å²) in [6, 6.07) is 5.41. The van der Waals surface area contributed by atoms with E-state index in [9.17, 15) is 4.79 Å². The number of rotatable bonds is 4. The van der Waals surface area contributed by atoms with Crippen LogP contribution in [0.15, 0.2) is 24.4 Å². The second-order valence-corrected chi connectivity index (χ2v) is 2.79. The number of hydrogen-bond donors (Lipinski definition) is 2. The highest BCUT2D eigenvalue weighted by molar-refractivity contribution is 5.67. The van der Waals surface area contributed by atoms with E-state index >= 15 is 0 Å². The van der Waals surface area contributed by atoms with Crippen LogP contribution in [0, 0.1) is 0 Å². The Morgan fingerprint density at radius 2 is 2.38 bits per heavy atom. The molecule has 0 aromatic carbocycles. The molecule has 13 heavy (non-hydrogen) atoms. The van der Waals surface area contributed by atoms with Crippen molar-refractivity contribution in [3.63, 3.8) is 0 Å². The summed E-state index contributed by atoms with van der Waals surface area (Å²) >= 11 is 0. The number of carboxylic acids is 1. The number of hydrogen-bond acceptors (Lipinski definition) is 3. The molecule has 0 fully saturated rings. The zero-order valence-corrected chi connectivity index (χ0v) is 7.18. The fourth-order valence-electron chi connectivity index (χ4n) is 1.14. The molecule has 0 saturated carbocycles. The summed E-state index contributed by atoms with van der Waals surface area (Å²) in [4.78, 5) is 14.5. The predicted octanol–water partition coefficient (Wildman–Crippen LogP) is 0.599. The molecule has 1 heterocycles. The highest BCUT2D eigenvalue weighted by Gasteiger charge is 2.14. The number of nitrogens with two attached hydrogens (primary N) is 1. The Morgan fingerprint density at radius 1 is 1.62 bits per heavy atom. The smallest absolute Gasteiger partial charge is 0.304 e. The highest BCUT2D eigenvalue weighted by atomic mass is 16.4. The number of carbonyl (C=O) groups is 1. The molecule has 0 aliphatic carbocycles. The van der Waals surface area contributed by atoms with Crippen molar-refractivity contribution in [2.24, 2.45) is 5.73 Å². The van der Waals surface area contributed by atoms with E-state index in [2.05, 4.69) is 4.98 Å². The monoisotopic (exact) mass is 180 g/mol. The molecule has 0 amide bonds. The summed E-state index contributed by atoms with van der Waals surface area (Å²) in [7, 11) is 0. The second-order valence-electron chi connectivity index (χ2n) is 2.79. The van der Waals surface area contributed by atoms with Gasteiger partial charge in [0.05, 0.1) is 6.42 Å². The van der Waals surface area contributed by atoms with Crippen LogP contribution in [0.5, 0.6) is 0 Å². The van der Waals surface area contributed by atoms with Gasteiger partial charge in [-0.05, 0) is 12.1 Å². The lowest BCUT2D eigenvalue weighted by molar-refractivity contribution is -0.137. The van der Waals surface area contributed by atoms with E-state index in [0.29, 0.717) is 6.54 Å². The van der Waals surface area contributed by atoms with Gasteiger partial charge in [0.25, 0.3) is 0 Å². The minimum atomic E-state index is -0.846. The van der Waals surface area contributed by atoms with Gasteiger partial charge in [-0.25, -0.2) is 0 Å². The molecule has 0 saturated heterocycles. The normalized spacial score (nSPS) is 12.4. The van der Waals surface area contributed by atoms with Crippen LogP contribution in [-0.2, 0) is 4.79 Å². The molecule has 1 unspecified atom stereocenters. The molecule has 0 spiro atoms. The standard InChI is InChI=1S/C9H12N2O2/c10-6-7(5-9(12)13)8-3-1-2-4-11-8/h1-4,7H,5-6,10H2,(H,12,13). The van der Waals surface area contributed by atoms with E-state index < -0.39 is 5.97 Å². The number of aromatic nitrogens is 1. The molecule has 70 valence electrons. The minimum absolute atomic E-state index is 0.0352. The Kier molecular flexibility index (Phi) is 3.40. The first-order valence-electron chi connectivity index (χ1n) is 4.07. The molecule has 4 nitrogen and oxygen atoms in total. The van der Waals surface area contributed by atoms with Crippen molar-refractivity contribution in [3.8, 4) is 0 Å². The van der Waals surface area contributed by atoms with Gasteiger partial charge in [0.1, 0.15) is 0 Å². The Bertz CT molecular complexity index is 274. The van der Waals surface area contributed by atoms with Gasteiger partial charge in [0.15, 0.2) is 0 Å². The molecule has 1 aromatic rings. The molecule has 0 aliphatic rings. The topological polar surface area (TPSA) is 76.2 Å². The maximum absolute atomic E-state index is 10.5. The zero-order valence-electron chi connectivity index (χ0n) is 7.18. The van der Waals surface area contributed by atoms with Gasteiger partial charge in [0, 0.05) is 24.4 Å². The second kappa shape index (κ2) is 4.57. The molecule has 4 heteroatoms. The largest absolute Gasteiger partial charge is 0.481 e. The lowest BCUT2D eigenvalue weighted by atomic mass is 10.0. The molecule has 1 aromatic heterocycles. The number of aliphatic carboxylic acids is 1. The fourth-order valence-corrected chi connectivity index (χ4v) is 1.14. The maximum atomic E-state index is 10.5. The Labute approximate surface area is 76.4 Å². The molecule has 1 atom stereocenters. The third-order valence-corrected chi connectivity index (χ3v) is 1.81. The lowest BCUT2D eigenvalue weighted by Gasteiger charge is -2.10. The lowest BCUT2D eigenvalue weighted by Crippen LogP contribution is -2.17. The number of pyridine rings is 1. The van der Waals surface area contributed by atoms with Crippen molar-refractivity contribution >= 4 is 5.97 Å². The number of nitrogens with zero attached hydrogens (tertiary/aromatic N) is 1. The minimum Gasteiger partial charge on any atom is -0.481 e. The summed E-state index contributed by atoms with van der Waals surface area (Å²) in [5.41, 5.74) is 6.19. The molecular weight excluding hydrogens is 168 g/mol. The third-order valence-electron chi connectivity index (χ3n) is 1.81. The van der Waals surface area contributed by atoms with Gasteiger partial charge in [-0.3, -0.25) is 9.78 Å². The van der Waals surface area contributed by atoms with Crippen molar-refractivity contribution in [3.05, 3.63) is 30.1 Å².